The van der Waals surface area contributed by atoms with Gasteiger partial charge in [-0.2, -0.15) is 0 Å². The van der Waals surface area contributed by atoms with Gasteiger partial charge < -0.3 is 9.64 Å². The van der Waals surface area contributed by atoms with Crippen molar-refractivity contribution >= 4 is 0 Å². The summed E-state index contributed by atoms with van der Waals surface area (Å²) in [6.45, 7) is 1.84. The van der Waals surface area contributed by atoms with Gasteiger partial charge in [-0.15, -0.1) is 0 Å². The number of rotatable bonds is 3. The molecule has 4 heteroatoms. The molecule has 3 saturated heterocycles. The first-order chi connectivity index (χ1) is 8.79. The highest BCUT2D eigenvalue weighted by Crippen LogP contribution is 2.40. The van der Waals surface area contributed by atoms with Crippen LogP contribution < -0.4 is 11.3 Å². The molecule has 18 heavy (non-hydrogen) atoms. The van der Waals surface area contributed by atoms with Crippen molar-refractivity contribution in [2.75, 3.05) is 20.3 Å². The standard InChI is InChI=1S/C14H27N3O/c1-17-12-4-5-13(17)8-11(7-12)14(16-15)10-3-2-6-18-9-10/h10-14,16H,2-9,15H2,1H3. The zero-order valence-corrected chi connectivity index (χ0v) is 11.5. The van der Waals surface area contributed by atoms with Gasteiger partial charge in [-0.05, 0) is 57.4 Å². The van der Waals surface area contributed by atoms with E-state index in [1.54, 1.807) is 0 Å². The Hall–Kier alpha value is -0.160. The Morgan fingerprint density at radius 2 is 1.89 bits per heavy atom. The number of nitrogens with zero attached hydrogens (tertiary/aromatic N) is 1. The third kappa shape index (κ3) is 2.31. The number of piperidine rings is 1. The maximum atomic E-state index is 5.86. The SMILES string of the molecule is CN1C2CCC1CC(C(NN)C1CCCOC1)C2. The van der Waals surface area contributed by atoms with Gasteiger partial charge in [0.25, 0.3) is 0 Å². The first kappa shape index (κ1) is 12.9. The summed E-state index contributed by atoms with van der Waals surface area (Å²) in [5.74, 6) is 7.23. The van der Waals surface area contributed by atoms with Crippen molar-refractivity contribution < 1.29 is 4.74 Å². The van der Waals surface area contributed by atoms with Crippen molar-refractivity contribution in [1.82, 2.24) is 10.3 Å². The average Bonchev–Trinajstić information content (AvgIpc) is 2.64. The van der Waals surface area contributed by atoms with E-state index in [0.717, 1.165) is 31.2 Å². The van der Waals surface area contributed by atoms with Gasteiger partial charge in [0.2, 0.25) is 0 Å². The third-order valence-corrected chi connectivity index (χ3v) is 5.54. The second-order valence-corrected chi connectivity index (χ2v) is 6.45. The molecule has 3 heterocycles. The summed E-state index contributed by atoms with van der Waals surface area (Å²) in [6, 6.07) is 2.06. The van der Waals surface area contributed by atoms with E-state index in [0.29, 0.717) is 12.0 Å². The van der Waals surface area contributed by atoms with E-state index in [9.17, 15) is 0 Å². The maximum Gasteiger partial charge on any atom is 0.0509 e. The molecule has 3 rings (SSSR count). The van der Waals surface area contributed by atoms with Gasteiger partial charge in [-0.3, -0.25) is 11.3 Å². The molecular weight excluding hydrogens is 226 g/mol. The van der Waals surface area contributed by atoms with Crippen molar-refractivity contribution in [2.45, 2.75) is 56.7 Å². The highest BCUT2D eigenvalue weighted by Gasteiger charge is 2.42. The Morgan fingerprint density at radius 1 is 1.17 bits per heavy atom. The fourth-order valence-corrected chi connectivity index (χ4v) is 4.45. The van der Waals surface area contributed by atoms with Crippen LogP contribution in [0, 0.1) is 11.8 Å². The van der Waals surface area contributed by atoms with Crippen LogP contribution in [0.4, 0.5) is 0 Å². The van der Waals surface area contributed by atoms with Gasteiger partial charge in [0.05, 0.1) is 6.61 Å². The maximum absolute atomic E-state index is 5.86. The minimum absolute atomic E-state index is 0.460. The Morgan fingerprint density at radius 3 is 2.44 bits per heavy atom. The van der Waals surface area contributed by atoms with E-state index in [1.165, 1.54) is 38.5 Å². The molecule has 4 nitrogen and oxygen atoms in total. The molecular formula is C14H27N3O. The predicted octanol–water partition coefficient (Wildman–Crippen LogP) is 1.12. The monoisotopic (exact) mass is 253 g/mol. The largest absolute Gasteiger partial charge is 0.381 e. The zero-order valence-electron chi connectivity index (χ0n) is 11.5. The molecule has 0 spiro atoms. The zero-order chi connectivity index (χ0) is 12.5. The quantitative estimate of drug-likeness (QED) is 0.584. The molecule has 4 unspecified atom stereocenters. The Kier molecular flexibility index (Phi) is 3.89. The average molecular weight is 253 g/mol. The number of hydrazine groups is 1. The van der Waals surface area contributed by atoms with Gasteiger partial charge in [0.1, 0.15) is 0 Å². The molecule has 0 aromatic rings. The van der Waals surface area contributed by atoms with Crippen LogP contribution in [0.3, 0.4) is 0 Å². The van der Waals surface area contributed by atoms with Crippen molar-refractivity contribution in [3.8, 4) is 0 Å². The van der Waals surface area contributed by atoms with Crippen molar-refractivity contribution in [3.63, 3.8) is 0 Å². The molecule has 0 aromatic heterocycles. The lowest BCUT2D eigenvalue weighted by atomic mass is 9.78. The van der Waals surface area contributed by atoms with Crippen molar-refractivity contribution in [1.29, 1.82) is 0 Å². The van der Waals surface area contributed by atoms with Crippen LogP contribution in [-0.4, -0.2) is 43.3 Å². The number of ether oxygens (including phenoxy) is 1. The fraction of sp³-hybridized carbons (Fsp3) is 1.00. The molecule has 2 bridgehead atoms. The van der Waals surface area contributed by atoms with Gasteiger partial charge >= 0.3 is 0 Å². The topological polar surface area (TPSA) is 50.5 Å². The van der Waals surface area contributed by atoms with Crippen LogP contribution in [0.2, 0.25) is 0 Å². The van der Waals surface area contributed by atoms with E-state index < -0.39 is 0 Å². The molecule has 3 N–H and O–H groups in total. The van der Waals surface area contributed by atoms with Crippen LogP contribution in [0.5, 0.6) is 0 Å². The smallest absolute Gasteiger partial charge is 0.0509 e. The van der Waals surface area contributed by atoms with Crippen LogP contribution in [0.25, 0.3) is 0 Å². The Labute approximate surface area is 110 Å². The molecule has 3 fully saturated rings. The second-order valence-electron chi connectivity index (χ2n) is 6.45. The first-order valence-corrected chi connectivity index (χ1v) is 7.55. The van der Waals surface area contributed by atoms with E-state index in [-0.39, 0.29) is 0 Å². The van der Waals surface area contributed by atoms with E-state index >= 15 is 0 Å². The van der Waals surface area contributed by atoms with E-state index in [1.807, 2.05) is 0 Å². The van der Waals surface area contributed by atoms with Crippen LogP contribution in [-0.2, 0) is 4.74 Å². The number of hydrogen-bond donors (Lipinski definition) is 2. The number of nitrogens with two attached hydrogens (primary N) is 1. The summed E-state index contributed by atoms with van der Waals surface area (Å²) in [5, 5.41) is 0. The summed E-state index contributed by atoms with van der Waals surface area (Å²) in [7, 11) is 2.30. The summed E-state index contributed by atoms with van der Waals surface area (Å²) in [5.41, 5.74) is 3.13. The minimum Gasteiger partial charge on any atom is -0.381 e. The van der Waals surface area contributed by atoms with Crippen molar-refractivity contribution in [2.24, 2.45) is 17.7 Å². The summed E-state index contributed by atoms with van der Waals surface area (Å²) < 4.78 is 5.64. The van der Waals surface area contributed by atoms with Gasteiger partial charge in [-0.25, -0.2) is 0 Å². The lowest BCUT2D eigenvalue weighted by Crippen LogP contribution is -2.53. The summed E-state index contributed by atoms with van der Waals surface area (Å²) in [6.07, 6.45) is 7.88. The third-order valence-electron chi connectivity index (χ3n) is 5.54. The van der Waals surface area contributed by atoms with Gasteiger partial charge in [0.15, 0.2) is 0 Å². The first-order valence-electron chi connectivity index (χ1n) is 7.55. The van der Waals surface area contributed by atoms with E-state index in [4.69, 9.17) is 10.6 Å². The molecule has 104 valence electrons. The van der Waals surface area contributed by atoms with Crippen molar-refractivity contribution in [3.05, 3.63) is 0 Å². The molecule has 0 saturated carbocycles. The van der Waals surface area contributed by atoms with Gasteiger partial charge in [-0.1, -0.05) is 0 Å². The Balaban J connectivity index is 1.65. The lowest BCUT2D eigenvalue weighted by molar-refractivity contribution is 0.0135. The fourth-order valence-electron chi connectivity index (χ4n) is 4.45. The van der Waals surface area contributed by atoms with Crippen LogP contribution >= 0.6 is 0 Å². The summed E-state index contributed by atoms with van der Waals surface area (Å²) in [4.78, 5) is 2.60. The van der Waals surface area contributed by atoms with E-state index in [2.05, 4.69) is 17.4 Å². The summed E-state index contributed by atoms with van der Waals surface area (Å²) >= 11 is 0. The number of fused-ring (bicyclic) bond motifs is 2. The lowest BCUT2D eigenvalue weighted by Gasteiger charge is -2.42. The molecule has 3 aliphatic heterocycles. The highest BCUT2D eigenvalue weighted by molar-refractivity contribution is 4.97. The molecule has 0 radical (unpaired) electrons. The minimum atomic E-state index is 0.460. The second kappa shape index (κ2) is 5.45. The highest BCUT2D eigenvalue weighted by atomic mass is 16.5. The number of hydrogen-bond acceptors (Lipinski definition) is 4. The molecule has 4 atom stereocenters. The predicted molar refractivity (Wildman–Crippen MR) is 72.0 cm³/mol. The Bertz CT molecular complexity index is 266. The number of nitrogens with one attached hydrogen (secondary N) is 1. The van der Waals surface area contributed by atoms with Crippen LogP contribution in [0.15, 0.2) is 0 Å². The van der Waals surface area contributed by atoms with Gasteiger partial charge in [0, 0.05) is 24.7 Å². The molecule has 0 aliphatic carbocycles. The molecule has 0 amide bonds. The molecule has 0 aromatic carbocycles. The van der Waals surface area contributed by atoms with Crippen LogP contribution in [0.1, 0.15) is 38.5 Å². The molecule has 3 aliphatic rings. The normalized spacial score (nSPS) is 43.0.